The zero-order valence-electron chi connectivity index (χ0n) is 9.61. The lowest BCUT2D eigenvalue weighted by Crippen LogP contribution is -2.34. The van der Waals surface area contributed by atoms with Gasteiger partial charge in [0.1, 0.15) is 0 Å². The molecule has 1 N–H and O–H groups in total. The van der Waals surface area contributed by atoms with Gasteiger partial charge in [0.25, 0.3) is 0 Å². The van der Waals surface area contributed by atoms with Crippen molar-refractivity contribution >= 4 is 5.91 Å². The summed E-state index contributed by atoms with van der Waals surface area (Å²) in [6, 6.07) is 0. The van der Waals surface area contributed by atoms with E-state index in [-0.39, 0.29) is 18.1 Å². The van der Waals surface area contributed by atoms with Crippen LogP contribution in [0.15, 0.2) is 0 Å². The lowest BCUT2D eigenvalue weighted by atomic mass is 10.3. The number of rotatable bonds is 6. The van der Waals surface area contributed by atoms with Crippen LogP contribution >= 0.6 is 0 Å². The fraction of sp³-hybridized carbons (Fsp3) is 0.909. The number of likely N-dealkylation sites (tertiary alicyclic amines) is 1. The van der Waals surface area contributed by atoms with Gasteiger partial charge in [-0.15, -0.1) is 0 Å². The number of hydrogen-bond donors (Lipinski definition) is 1. The molecule has 88 valence electrons. The average Bonchev–Trinajstić information content (AvgIpc) is 2.61. The van der Waals surface area contributed by atoms with Gasteiger partial charge < -0.3 is 14.7 Å². The third-order valence-corrected chi connectivity index (χ3v) is 2.69. The maximum Gasteiger partial charge on any atom is 0.222 e. The maximum atomic E-state index is 11.3. The van der Waals surface area contributed by atoms with Gasteiger partial charge in [0.15, 0.2) is 0 Å². The Labute approximate surface area is 91.2 Å². The van der Waals surface area contributed by atoms with Crippen molar-refractivity contribution in [2.24, 2.45) is 0 Å². The molecule has 0 saturated carbocycles. The van der Waals surface area contributed by atoms with Gasteiger partial charge in [0, 0.05) is 19.5 Å². The van der Waals surface area contributed by atoms with Gasteiger partial charge in [-0.05, 0) is 19.8 Å². The zero-order chi connectivity index (χ0) is 11.3. The topological polar surface area (TPSA) is 49.8 Å². The summed E-state index contributed by atoms with van der Waals surface area (Å²) < 4.78 is 5.46. The molecular formula is C11H21NO3. The number of aliphatic hydroxyl groups is 1. The Balaban J connectivity index is 2.17. The van der Waals surface area contributed by atoms with Gasteiger partial charge in [-0.3, -0.25) is 4.79 Å². The normalized spacial score (nSPS) is 20.7. The molecule has 0 aromatic carbocycles. The molecular weight excluding hydrogens is 194 g/mol. The Bertz CT molecular complexity index is 208. The molecule has 0 aliphatic carbocycles. The van der Waals surface area contributed by atoms with Gasteiger partial charge in [0.2, 0.25) is 5.91 Å². The minimum Gasteiger partial charge on any atom is -0.391 e. The van der Waals surface area contributed by atoms with Gasteiger partial charge in [-0.25, -0.2) is 0 Å². The molecule has 0 bridgehead atoms. The highest BCUT2D eigenvalue weighted by atomic mass is 16.5. The van der Waals surface area contributed by atoms with E-state index in [0.717, 1.165) is 13.0 Å². The van der Waals surface area contributed by atoms with E-state index < -0.39 is 0 Å². The quantitative estimate of drug-likeness (QED) is 0.712. The molecule has 0 spiro atoms. The van der Waals surface area contributed by atoms with E-state index in [9.17, 15) is 9.90 Å². The summed E-state index contributed by atoms with van der Waals surface area (Å²) in [5.41, 5.74) is 0. The second-order valence-corrected chi connectivity index (χ2v) is 4.15. The first kappa shape index (κ1) is 12.5. The van der Waals surface area contributed by atoms with E-state index in [2.05, 4.69) is 0 Å². The van der Waals surface area contributed by atoms with E-state index in [4.69, 9.17) is 4.74 Å². The van der Waals surface area contributed by atoms with E-state index >= 15 is 0 Å². The first-order valence-corrected chi connectivity index (χ1v) is 5.71. The van der Waals surface area contributed by atoms with Crippen LogP contribution in [0.5, 0.6) is 0 Å². The number of ether oxygens (including phenoxy) is 1. The Morgan fingerprint density at radius 1 is 1.60 bits per heavy atom. The van der Waals surface area contributed by atoms with Gasteiger partial charge in [0.05, 0.1) is 18.8 Å². The molecule has 2 atom stereocenters. The van der Waals surface area contributed by atoms with Gasteiger partial charge >= 0.3 is 0 Å². The molecule has 0 aromatic heterocycles. The van der Waals surface area contributed by atoms with Crippen LogP contribution < -0.4 is 0 Å². The monoisotopic (exact) mass is 215 g/mol. The zero-order valence-corrected chi connectivity index (χ0v) is 9.61. The standard InChI is InChI=1S/C11H21NO3/c1-3-10(13)8-15-9(2)7-12-6-4-5-11(12)14/h9-10,13H,3-8H2,1-2H3. The molecule has 1 aliphatic heterocycles. The summed E-state index contributed by atoms with van der Waals surface area (Å²) in [4.78, 5) is 13.2. The minimum absolute atomic E-state index is 0.00764. The molecule has 1 heterocycles. The first-order valence-electron chi connectivity index (χ1n) is 5.71. The third kappa shape index (κ3) is 4.18. The highest BCUT2D eigenvalue weighted by Gasteiger charge is 2.22. The summed E-state index contributed by atoms with van der Waals surface area (Å²) in [7, 11) is 0. The highest BCUT2D eigenvalue weighted by Crippen LogP contribution is 2.10. The number of carbonyl (C=O) groups excluding carboxylic acids is 1. The fourth-order valence-electron chi connectivity index (χ4n) is 1.65. The molecule has 0 radical (unpaired) electrons. The second-order valence-electron chi connectivity index (χ2n) is 4.15. The van der Waals surface area contributed by atoms with E-state index in [1.165, 1.54) is 0 Å². The Morgan fingerprint density at radius 2 is 2.33 bits per heavy atom. The van der Waals surface area contributed by atoms with Crippen molar-refractivity contribution in [2.45, 2.75) is 45.3 Å². The molecule has 1 aliphatic rings. The summed E-state index contributed by atoms with van der Waals surface area (Å²) in [6.07, 6.45) is 1.96. The van der Waals surface area contributed by atoms with Gasteiger partial charge in [-0.2, -0.15) is 0 Å². The third-order valence-electron chi connectivity index (χ3n) is 2.69. The van der Waals surface area contributed by atoms with Crippen molar-refractivity contribution in [2.75, 3.05) is 19.7 Å². The van der Waals surface area contributed by atoms with E-state index in [0.29, 0.717) is 26.0 Å². The Kier molecular flexibility index (Phi) is 5.05. The number of carbonyl (C=O) groups is 1. The second kappa shape index (κ2) is 6.08. The summed E-state index contributed by atoms with van der Waals surface area (Å²) in [5.74, 6) is 0.224. The van der Waals surface area contributed by atoms with Crippen molar-refractivity contribution in [3.63, 3.8) is 0 Å². The summed E-state index contributed by atoms with van der Waals surface area (Å²) in [5, 5.41) is 9.31. The van der Waals surface area contributed by atoms with Gasteiger partial charge in [-0.1, -0.05) is 6.92 Å². The predicted octanol–water partition coefficient (Wildman–Crippen LogP) is 0.785. The molecule has 4 heteroatoms. The van der Waals surface area contributed by atoms with Crippen LogP contribution in [-0.2, 0) is 9.53 Å². The largest absolute Gasteiger partial charge is 0.391 e. The van der Waals surface area contributed by atoms with Crippen molar-refractivity contribution in [1.29, 1.82) is 0 Å². The summed E-state index contributed by atoms with van der Waals surface area (Å²) >= 11 is 0. The Hall–Kier alpha value is -0.610. The molecule has 2 unspecified atom stereocenters. The molecule has 1 rings (SSSR count). The lowest BCUT2D eigenvalue weighted by Gasteiger charge is -2.22. The van der Waals surface area contributed by atoms with Crippen LogP contribution in [-0.4, -0.2) is 47.8 Å². The number of amides is 1. The van der Waals surface area contributed by atoms with Crippen molar-refractivity contribution in [3.8, 4) is 0 Å². The first-order chi connectivity index (χ1) is 7.13. The molecule has 1 amide bonds. The molecule has 15 heavy (non-hydrogen) atoms. The van der Waals surface area contributed by atoms with Crippen molar-refractivity contribution in [1.82, 2.24) is 4.90 Å². The predicted molar refractivity (Wildman–Crippen MR) is 57.5 cm³/mol. The summed E-state index contributed by atoms with van der Waals surface area (Å²) in [6.45, 7) is 5.72. The maximum absolute atomic E-state index is 11.3. The fourth-order valence-corrected chi connectivity index (χ4v) is 1.65. The van der Waals surface area contributed by atoms with Crippen LogP contribution in [0.25, 0.3) is 0 Å². The van der Waals surface area contributed by atoms with Crippen molar-refractivity contribution in [3.05, 3.63) is 0 Å². The number of nitrogens with zero attached hydrogens (tertiary/aromatic N) is 1. The van der Waals surface area contributed by atoms with Crippen LogP contribution in [0.3, 0.4) is 0 Å². The SMILES string of the molecule is CCC(O)COC(C)CN1CCCC1=O. The number of aliphatic hydroxyl groups excluding tert-OH is 1. The minimum atomic E-state index is -0.387. The van der Waals surface area contributed by atoms with Crippen LogP contribution in [0.4, 0.5) is 0 Å². The molecule has 0 aromatic rings. The van der Waals surface area contributed by atoms with Crippen LogP contribution in [0.1, 0.15) is 33.1 Å². The number of hydrogen-bond acceptors (Lipinski definition) is 3. The molecule has 1 fully saturated rings. The van der Waals surface area contributed by atoms with Crippen LogP contribution in [0, 0.1) is 0 Å². The highest BCUT2D eigenvalue weighted by molar-refractivity contribution is 5.78. The average molecular weight is 215 g/mol. The lowest BCUT2D eigenvalue weighted by molar-refractivity contribution is -0.129. The van der Waals surface area contributed by atoms with E-state index in [1.54, 1.807) is 0 Å². The molecule has 1 saturated heterocycles. The smallest absolute Gasteiger partial charge is 0.222 e. The van der Waals surface area contributed by atoms with Crippen molar-refractivity contribution < 1.29 is 14.6 Å². The Morgan fingerprint density at radius 3 is 2.87 bits per heavy atom. The molecule has 4 nitrogen and oxygen atoms in total. The van der Waals surface area contributed by atoms with Crippen LogP contribution in [0.2, 0.25) is 0 Å². The van der Waals surface area contributed by atoms with E-state index in [1.807, 2.05) is 18.7 Å².